The van der Waals surface area contributed by atoms with Crippen LogP contribution < -0.4 is 10.1 Å². The summed E-state index contributed by atoms with van der Waals surface area (Å²) in [6.45, 7) is 3.32. The summed E-state index contributed by atoms with van der Waals surface area (Å²) < 4.78 is 5.65. The van der Waals surface area contributed by atoms with Gasteiger partial charge in [-0.1, -0.05) is 25.1 Å². The molecule has 5 nitrogen and oxygen atoms in total. The third-order valence-corrected chi connectivity index (χ3v) is 4.21. The van der Waals surface area contributed by atoms with Crippen LogP contribution in [0.3, 0.4) is 0 Å². The van der Waals surface area contributed by atoms with E-state index in [0.717, 1.165) is 17.7 Å². The Kier molecular flexibility index (Phi) is 3.82. The van der Waals surface area contributed by atoms with E-state index in [1.165, 1.54) is 0 Å². The van der Waals surface area contributed by atoms with Gasteiger partial charge >= 0.3 is 0 Å². The van der Waals surface area contributed by atoms with Gasteiger partial charge in [0, 0.05) is 12.5 Å². The molecule has 2 aliphatic heterocycles. The van der Waals surface area contributed by atoms with Gasteiger partial charge in [0.15, 0.2) is 0 Å². The summed E-state index contributed by atoms with van der Waals surface area (Å²) in [6, 6.07) is 7.57. The van der Waals surface area contributed by atoms with Gasteiger partial charge in [0.25, 0.3) is 0 Å². The smallest absolute Gasteiger partial charge is 0.245 e. The molecule has 2 heterocycles. The number of rotatable bonds is 3. The third-order valence-electron chi connectivity index (χ3n) is 4.21. The van der Waals surface area contributed by atoms with Crippen LogP contribution in [0.25, 0.3) is 0 Å². The predicted molar refractivity (Wildman–Crippen MR) is 78.1 cm³/mol. The molecule has 0 spiro atoms. The Morgan fingerprint density at radius 1 is 1.33 bits per heavy atom. The molecule has 1 saturated heterocycles. The molecule has 3 rings (SSSR count). The SMILES string of the molecule is CCC1NC(=O)CN(CC2CCOc3ccccc32)C1=O. The molecule has 1 aromatic carbocycles. The Hall–Kier alpha value is -2.04. The molecule has 0 aromatic heterocycles. The number of ether oxygens (including phenoxy) is 1. The van der Waals surface area contributed by atoms with Gasteiger partial charge in [0.05, 0.1) is 13.2 Å². The number of nitrogens with one attached hydrogen (secondary N) is 1. The lowest BCUT2D eigenvalue weighted by Crippen LogP contribution is -2.58. The Morgan fingerprint density at radius 3 is 2.95 bits per heavy atom. The van der Waals surface area contributed by atoms with Gasteiger partial charge in [-0.2, -0.15) is 0 Å². The van der Waals surface area contributed by atoms with Crippen LogP contribution in [-0.2, 0) is 9.59 Å². The Morgan fingerprint density at radius 2 is 2.14 bits per heavy atom. The second-order valence-electron chi connectivity index (χ2n) is 5.62. The van der Waals surface area contributed by atoms with E-state index in [1.54, 1.807) is 4.90 Å². The van der Waals surface area contributed by atoms with Crippen LogP contribution >= 0.6 is 0 Å². The number of hydrogen-bond donors (Lipinski definition) is 1. The van der Waals surface area contributed by atoms with Crippen LogP contribution in [0.1, 0.15) is 31.2 Å². The minimum Gasteiger partial charge on any atom is -0.493 e. The van der Waals surface area contributed by atoms with Crippen molar-refractivity contribution >= 4 is 11.8 Å². The maximum Gasteiger partial charge on any atom is 0.245 e. The Balaban J connectivity index is 1.77. The second-order valence-corrected chi connectivity index (χ2v) is 5.62. The van der Waals surface area contributed by atoms with Gasteiger partial charge in [0.2, 0.25) is 11.8 Å². The van der Waals surface area contributed by atoms with Gasteiger partial charge in [-0.25, -0.2) is 0 Å². The number of nitrogens with zero attached hydrogens (tertiary/aromatic N) is 1. The predicted octanol–water partition coefficient (Wildman–Crippen LogP) is 1.29. The highest BCUT2D eigenvalue weighted by atomic mass is 16.5. The minimum absolute atomic E-state index is 0.0288. The summed E-state index contributed by atoms with van der Waals surface area (Å²) in [5.41, 5.74) is 1.13. The molecule has 5 heteroatoms. The normalized spacial score (nSPS) is 25.1. The molecule has 2 unspecified atom stereocenters. The van der Waals surface area contributed by atoms with Crippen molar-refractivity contribution in [3.63, 3.8) is 0 Å². The van der Waals surface area contributed by atoms with Crippen molar-refractivity contribution in [1.82, 2.24) is 10.2 Å². The molecule has 1 aromatic rings. The number of para-hydroxylation sites is 1. The van der Waals surface area contributed by atoms with E-state index in [2.05, 4.69) is 5.32 Å². The molecule has 2 amide bonds. The summed E-state index contributed by atoms with van der Waals surface area (Å²) in [4.78, 5) is 25.8. The first kappa shape index (κ1) is 13.9. The van der Waals surface area contributed by atoms with E-state index in [0.29, 0.717) is 19.6 Å². The topological polar surface area (TPSA) is 58.6 Å². The lowest BCUT2D eigenvalue weighted by molar-refractivity contribution is -0.144. The fourth-order valence-corrected chi connectivity index (χ4v) is 3.08. The average Bonchev–Trinajstić information content (AvgIpc) is 2.51. The molecule has 21 heavy (non-hydrogen) atoms. The molecular formula is C16H20N2O3. The molecular weight excluding hydrogens is 268 g/mol. The van der Waals surface area contributed by atoms with Gasteiger partial charge in [-0.05, 0) is 24.5 Å². The van der Waals surface area contributed by atoms with Crippen molar-refractivity contribution in [2.24, 2.45) is 0 Å². The first-order chi connectivity index (χ1) is 10.2. The van der Waals surface area contributed by atoms with Gasteiger partial charge < -0.3 is 15.0 Å². The monoisotopic (exact) mass is 288 g/mol. The number of benzene rings is 1. The van der Waals surface area contributed by atoms with E-state index in [1.807, 2.05) is 31.2 Å². The zero-order chi connectivity index (χ0) is 14.8. The number of carbonyl (C=O) groups is 2. The van der Waals surface area contributed by atoms with Gasteiger partial charge in [-0.3, -0.25) is 9.59 Å². The minimum atomic E-state index is -0.374. The number of piperazine rings is 1. The summed E-state index contributed by atoms with van der Waals surface area (Å²) >= 11 is 0. The molecule has 0 bridgehead atoms. The molecule has 2 atom stereocenters. The van der Waals surface area contributed by atoms with Crippen LogP contribution in [0.5, 0.6) is 5.75 Å². The first-order valence-corrected chi connectivity index (χ1v) is 7.49. The number of carbonyl (C=O) groups excluding carboxylic acids is 2. The van der Waals surface area contributed by atoms with E-state index in [4.69, 9.17) is 4.74 Å². The van der Waals surface area contributed by atoms with Gasteiger partial charge in [-0.15, -0.1) is 0 Å². The van der Waals surface area contributed by atoms with E-state index >= 15 is 0 Å². The fourth-order valence-electron chi connectivity index (χ4n) is 3.08. The average molecular weight is 288 g/mol. The number of hydrogen-bond acceptors (Lipinski definition) is 3. The number of amides is 2. The standard InChI is InChI=1S/C16H20N2O3/c1-2-13-16(20)18(10-15(19)17-13)9-11-7-8-21-14-6-4-3-5-12(11)14/h3-6,11,13H,2,7-10H2,1H3,(H,17,19). The quantitative estimate of drug-likeness (QED) is 0.912. The highest BCUT2D eigenvalue weighted by Gasteiger charge is 2.34. The van der Waals surface area contributed by atoms with Crippen molar-refractivity contribution < 1.29 is 14.3 Å². The molecule has 0 aliphatic carbocycles. The van der Waals surface area contributed by atoms with E-state index in [9.17, 15) is 9.59 Å². The van der Waals surface area contributed by atoms with Crippen molar-refractivity contribution in [3.8, 4) is 5.75 Å². The van der Waals surface area contributed by atoms with Crippen molar-refractivity contribution in [3.05, 3.63) is 29.8 Å². The van der Waals surface area contributed by atoms with E-state index in [-0.39, 0.29) is 30.3 Å². The largest absolute Gasteiger partial charge is 0.493 e. The fraction of sp³-hybridized carbons (Fsp3) is 0.500. The van der Waals surface area contributed by atoms with Crippen LogP contribution in [0, 0.1) is 0 Å². The summed E-state index contributed by atoms with van der Waals surface area (Å²) in [7, 11) is 0. The van der Waals surface area contributed by atoms with Crippen LogP contribution in [0.15, 0.2) is 24.3 Å². The summed E-state index contributed by atoms with van der Waals surface area (Å²) in [5.74, 6) is 1.10. The molecule has 0 radical (unpaired) electrons. The highest BCUT2D eigenvalue weighted by Crippen LogP contribution is 2.34. The lowest BCUT2D eigenvalue weighted by atomic mass is 9.92. The van der Waals surface area contributed by atoms with Crippen LogP contribution in [0.4, 0.5) is 0 Å². The van der Waals surface area contributed by atoms with Crippen molar-refractivity contribution in [2.45, 2.75) is 31.7 Å². The zero-order valence-corrected chi connectivity index (χ0v) is 12.2. The summed E-state index contributed by atoms with van der Waals surface area (Å²) in [5, 5.41) is 2.75. The van der Waals surface area contributed by atoms with Crippen LogP contribution in [0.2, 0.25) is 0 Å². The molecule has 0 saturated carbocycles. The molecule has 112 valence electrons. The Labute approximate surface area is 124 Å². The van der Waals surface area contributed by atoms with Crippen molar-refractivity contribution in [2.75, 3.05) is 19.7 Å². The summed E-state index contributed by atoms with van der Waals surface area (Å²) in [6.07, 6.45) is 1.50. The Bertz CT molecular complexity index is 558. The maximum atomic E-state index is 12.4. The first-order valence-electron chi connectivity index (χ1n) is 7.49. The zero-order valence-electron chi connectivity index (χ0n) is 12.2. The van der Waals surface area contributed by atoms with Crippen LogP contribution in [-0.4, -0.2) is 42.5 Å². The van der Waals surface area contributed by atoms with Crippen molar-refractivity contribution in [1.29, 1.82) is 0 Å². The van der Waals surface area contributed by atoms with E-state index < -0.39 is 0 Å². The molecule has 1 fully saturated rings. The molecule has 2 aliphatic rings. The lowest BCUT2D eigenvalue weighted by Gasteiger charge is -2.36. The second kappa shape index (κ2) is 5.76. The van der Waals surface area contributed by atoms with Gasteiger partial charge in [0.1, 0.15) is 11.8 Å². The molecule has 1 N–H and O–H groups in total. The maximum absolute atomic E-state index is 12.4. The highest BCUT2D eigenvalue weighted by molar-refractivity contribution is 5.94. The third kappa shape index (κ3) is 2.73. The number of fused-ring (bicyclic) bond motifs is 1.